The van der Waals surface area contributed by atoms with E-state index in [1.807, 2.05) is 79.7 Å². The van der Waals surface area contributed by atoms with Gasteiger partial charge < -0.3 is 9.26 Å². The van der Waals surface area contributed by atoms with Gasteiger partial charge in [-0.25, -0.2) is 4.57 Å². The molecule has 0 aliphatic rings. The number of rotatable bonds is 10. The first kappa shape index (κ1) is 23.5. The summed E-state index contributed by atoms with van der Waals surface area (Å²) in [6.45, 7) is 2.66. The van der Waals surface area contributed by atoms with Gasteiger partial charge >= 0.3 is 7.75 Å². The molecule has 0 bridgehead atoms. The van der Waals surface area contributed by atoms with Crippen LogP contribution in [-0.4, -0.2) is 32.0 Å². The van der Waals surface area contributed by atoms with Crippen LogP contribution in [0.3, 0.4) is 0 Å². The summed E-state index contributed by atoms with van der Waals surface area (Å²) >= 11 is 6.08. The van der Waals surface area contributed by atoms with Gasteiger partial charge in [0.1, 0.15) is 11.4 Å². The van der Waals surface area contributed by atoms with E-state index < -0.39 is 13.3 Å². The highest BCUT2D eigenvalue weighted by molar-refractivity contribution is 7.51. The normalized spacial score (nSPS) is 15.3. The number of ether oxygens (including phenoxy) is 1. The molecule has 0 saturated heterocycles. The fraction of sp³-hybridized carbons (Fsp3) is 0.250. The predicted molar refractivity (Wildman–Crippen MR) is 125 cm³/mol. The molecule has 0 radical (unpaired) electrons. The first-order chi connectivity index (χ1) is 14.9. The molecule has 0 amide bonds. The van der Waals surface area contributed by atoms with Crippen molar-refractivity contribution in [3.8, 4) is 5.75 Å². The minimum absolute atomic E-state index is 0.302. The number of hydrogen-bond donors (Lipinski definition) is 0. The lowest BCUT2D eigenvalue weighted by Crippen LogP contribution is -2.32. The molecule has 7 heteroatoms. The maximum atomic E-state index is 13.2. The molecule has 0 heterocycles. The highest BCUT2D eigenvalue weighted by atomic mass is 35.5. The number of benzene rings is 3. The average molecular weight is 460 g/mol. The lowest BCUT2D eigenvalue weighted by Gasteiger charge is -2.33. The van der Waals surface area contributed by atoms with Gasteiger partial charge in [-0.3, -0.25) is 4.52 Å². The largest absolute Gasteiger partial charge is 0.460 e. The van der Waals surface area contributed by atoms with Crippen molar-refractivity contribution in [2.75, 3.05) is 27.3 Å². The van der Waals surface area contributed by atoms with Gasteiger partial charge in [0, 0.05) is 18.7 Å². The summed E-state index contributed by atoms with van der Waals surface area (Å²) in [5, 5.41) is 0.665. The molecule has 3 rings (SSSR count). The quantitative estimate of drug-likeness (QED) is 0.329. The zero-order valence-electron chi connectivity index (χ0n) is 17.9. The minimum Gasteiger partial charge on any atom is -0.413 e. The molecule has 0 spiro atoms. The third kappa shape index (κ3) is 5.76. The van der Waals surface area contributed by atoms with Crippen LogP contribution in [0.1, 0.15) is 18.1 Å². The lowest BCUT2D eigenvalue weighted by molar-refractivity contribution is -0.00822. The van der Waals surface area contributed by atoms with Crippen LogP contribution in [0.15, 0.2) is 84.9 Å². The molecule has 2 unspecified atom stereocenters. The number of hydrogen-bond acceptors (Lipinski definition) is 4. The van der Waals surface area contributed by atoms with Gasteiger partial charge in [0.2, 0.25) is 0 Å². The van der Waals surface area contributed by atoms with E-state index in [4.69, 9.17) is 25.4 Å². The Hall–Kier alpha value is -2.14. The van der Waals surface area contributed by atoms with Crippen molar-refractivity contribution in [1.29, 1.82) is 0 Å². The van der Waals surface area contributed by atoms with E-state index in [1.165, 1.54) is 7.11 Å². The van der Waals surface area contributed by atoms with Crippen LogP contribution in [-0.2, 0) is 19.4 Å². The smallest absolute Gasteiger partial charge is 0.413 e. The summed E-state index contributed by atoms with van der Waals surface area (Å²) in [5.41, 5.74) is 1.28. The number of nitrogens with zero attached hydrogens (tertiary/aromatic N) is 1. The van der Waals surface area contributed by atoms with Crippen molar-refractivity contribution in [3.63, 3.8) is 0 Å². The van der Waals surface area contributed by atoms with Crippen LogP contribution >= 0.6 is 19.3 Å². The molecular formula is C24H27ClNO4P. The zero-order valence-corrected chi connectivity index (χ0v) is 19.6. The van der Waals surface area contributed by atoms with Crippen molar-refractivity contribution >= 4 is 19.3 Å². The van der Waals surface area contributed by atoms with Crippen LogP contribution in [0.25, 0.3) is 0 Å². The Labute approximate surface area is 189 Å². The second kappa shape index (κ2) is 10.4. The van der Waals surface area contributed by atoms with E-state index in [9.17, 15) is 4.57 Å². The van der Waals surface area contributed by atoms with E-state index in [1.54, 1.807) is 23.9 Å². The van der Waals surface area contributed by atoms with Gasteiger partial charge in [0.15, 0.2) is 0 Å². The SMILES string of the molecule is COP(=O)(Oc1ccccc1)N(C)CCOC(C)(c1ccccc1)c1ccc(Cl)cc1. The second-order valence-electron chi connectivity index (χ2n) is 7.19. The van der Waals surface area contributed by atoms with Gasteiger partial charge in [-0.05, 0) is 49.4 Å². The summed E-state index contributed by atoms with van der Waals surface area (Å²) in [4.78, 5) is 0. The second-order valence-corrected chi connectivity index (χ2v) is 9.80. The Morgan fingerprint density at radius 3 is 2.03 bits per heavy atom. The van der Waals surface area contributed by atoms with Crippen molar-refractivity contribution in [2.45, 2.75) is 12.5 Å². The predicted octanol–water partition coefficient (Wildman–Crippen LogP) is 6.39. The Morgan fingerprint density at radius 2 is 1.45 bits per heavy atom. The van der Waals surface area contributed by atoms with Gasteiger partial charge in [0.05, 0.1) is 6.61 Å². The van der Waals surface area contributed by atoms with Crippen molar-refractivity contribution in [1.82, 2.24) is 4.67 Å². The maximum absolute atomic E-state index is 13.2. The molecule has 0 aromatic heterocycles. The molecule has 0 fully saturated rings. The van der Waals surface area contributed by atoms with Gasteiger partial charge in [-0.1, -0.05) is 72.3 Å². The van der Waals surface area contributed by atoms with E-state index in [0.29, 0.717) is 23.9 Å². The van der Waals surface area contributed by atoms with E-state index >= 15 is 0 Å². The molecule has 31 heavy (non-hydrogen) atoms. The molecule has 164 valence electrons. The summed E-state index contributed by atoms with van der Waals surface area (Å²) in [6, 6.07) is 26.6. The number of halogens is 1. The Balaban J connectivity index is 1.74. The van der Waals surface area contributed by atoms with Crippen LogP contribution in [0.4, 0.5) is 0 Å². The van der Waals surface area contributed by atoms with Gasteiger partial charge in [-0.15, -0.1) is 0 Å². The van der Waals surface area contributed by atoms with Crippen molar-refractivity contribution < 1.29 is 18.3 Å². The Bertz CT molecular complexity index is 1000. The minimum atomic E-state index is -3.51. The standard InChI is InChI=1S/C24H27ClNO4P/c1-24(20-10-6-4-7-11-20,21-14-16-22(25)17-15-21)29-19-18-26(2)31(27,28-3)30-23-12-8-5-9-13-23/h4-17H,18-19H2,1-3H3. The van der Waals surface area contributed by atoms with Crippen molar-refractivity contribution in [3.05, 3.63) is 101 Å². The Kier molecular flexibility index (Phi) is 7.93. The Morgan fingerprint density at radius 1 is 0.903 bits per heavy atom. The van der Waals surface area contributed by atoms with Crippen LogP contribution in [0, 0.1) is 0 Å². The van der Waals surface area contributed by atoms with Gasteiger partial charge in [0.25, 0.3) is 0 Å². The van der Waals surface area contributed by atoms with Crippen LogP contribution in [0.2, 0.25) is 5.02 Å². The highest BCUT2D eigenvalue weighted by Gasteiger charge is 2.33. The number of likely N-dealkylation sites (N-methyl/N-ethyl adjacent to an activating group) is 1. The molecule has 2 atom stereocenters. The molecule has 5 nitrogen and oxygen atoms in total. The highest BCUT2D eigenvalue weighted by Crippen LogP contribution is 2.50. The molecule has 0 N–H and O–H groups in total. The molecule has 0 saturated carbocycles. The van der Waals surface area contributed by atoms with Crippen LogP contribution < -0.4 is 4.52 Å². The van der Waals surface area contributed by atoms with E-state index in [0.717, 1.165) is 11.1 Å². The van der Waals surface area contributed by atoms with Crippen LogP contribution in [0.5, 0.6) is 5.75 Å². The fourth-order valence-electron chi connectivity index (χ4n) is 3.22. The first-order valence-corrected chi connectivity index (χ1v) is 11.8. The van der Waals surface area contributed by atoms with E-state index in [2.05, 4.69) is 0 Å². The van der Waals surface area contributed by atoms with Gasteiger partial charge in [-0.2, -0.15) is 4.67 Å². The molecule has 0 aliphatic heterocycles. The monoisotopic (exact) mass is 459 g/mol. The molecule has 0 aliphatic carbocycles. The zero-order chi connectivity index (χ0) is 22.3. The summed E-state index contributed by atoms with van der Waals surface area (Å²) < 4.78 is 32.1. The third-order valence-corrected chi connectivity index (χ3v) is 7.33. The summed E-state index contributed by atoms with van der Waals surface area (Å²) in [5.74, 6) is 0.482. The van der Waals surface area contributed by atoms with E-state index in [-0.39, 0.29) is 0 Å². The molecule has 3 aromatic rings. The lowest BCUT2D eigenvalue weighted by atomic mass is 9.88. The molecule has 3 aromatic carbocycles. The maximum Gasteiger partial charge on any atom is 0.460 e. The molecular weight excluding hydrogens is 433 g/mol. The van der Waals surface area contributed by atoms with Crippen molar-refractivity contribution in [2.24, 2.45) is 0 Å². The fourth-order valence-corrected chi connectivity index (χ4v) is 4.56. The topological polar surface area (TPSA) is 48.0 Å². The summed E-state index contributed by atoms with van der Waals surface area (Å²) in [6.07, 6.45) is 0. The average Bonchev–Trinajstić information content (AvgIpc) is 2.80. The summed E-state index contributed by atoms with van der Waals surface area (Å²) in [7, 11) is -0.439. The number of para-hydroxylation sites is 1. The first-order valence-electron chi connectivity index (χ1n) is 9.95. The third-order valence-electron chi connectivity index (χ3n) is 5.14.